The third-order valence-electron chi connectivity index (χ3n) is 4.18. The topological polar surface area (TPSA) is 33.7 Å². The SMILES string of the molecule is CN1CCC(CNc2ccc3c(c2)OCCCO3)CC1. The fraction of sp³-hybridized carbons (Fsp3) is 0.625. The van der Waals surface area contributed by atoms with Gasteiger partial charge in [-0.25, -0.2) is 0 Å². The van der Waals surface area contributed by atoms with E-state index in [9.17, 15) is 0 Å². The molecule has 0 amide bonds. The van der Waals surface area contributed by atoms with Gasteiger partial charge in [0.1, 0.15) is 0 Å². The van der Waals surface area contributed by atoms with Gasteiger partial charge in [0, 0.05) is 24.7 Å². The summed E-state index contributed by atoms with van der Waals surface area (Å²) in [5, 5.41) is 3.55. The lowest BCUT2D eigenvalue weighted by molar-refractivity contribution is 0.226. The van der Waals surface area contributed by atoms with Crippen LogP contribution in [-0.4, -0.2) is 44.8 Å². The van der Waals surface area contributed by atoms with E-state index in [1.165, 1.54) is 25.9 Å². The molecule has 1 aromatic carbocycles. The van der Waals surface area contributed by atoms with Crippen molar-refractivity contribution in [2.45, 2.75) is 19.3 Å². The zero-order valence-corrected chi connectivity index (χ0v) is 12.2. The van der Waals surface area contributed by atoms with Crippen LogP contribution in [0.2, 0.25) is 0 Å². The van der Waals surface area contributed by atoms with Gasteiger partial charge in [-0.15, -0.1) is 0 Å². The van der Waals surface area contributed by atoms with Crippen LogP contribution in [0.15, 0.2) is 18.2 Å². The third kappa shape index (κ3) is 3.37. The Morgan fingerprint density at radius 2 is 1.90 bits per heavy atom. The fourth-order valence-corrected chi connectivity index (χ4v) is 2.80. The van der Waals surface area contributed by atoms with Crippen LogP contribution in [0.5, 0.6) is 11.5 Å². The number of likely N-dealkylation sites (tertiary alicyclic amines) is 1. The van der Waals surface area contributed by atoms with Gasteiger partial charge >= 0.3 is 0 Å². The number of nitrogens with one attached hydrogen (secondary N) is 1. The van der Waals surface area contributed by atoms with E-state index >= 15 is 0 Å². The summed E-state index contributed by atoms with van der Waals surface area (Å²) in [6.45, 7) is 4.97. The highest BCUT2D eigenvalue weighted by atomic mass is 16.5. The summed E-state index contributed by atoms with van der Waals surface area (Å²) in [5.41, 5.74) is 1.13. The Hall–Kier alpha value is -1.42. The summed E-state index contributed by atoms with van der Waals surface area (Å²) in [6, 6.07) is 6.16. The van der Waals surface area contributed by atoms with E-state index in [0.717, 1.165) is 49.3 Å². The highest BCUT2D eigenvalue weighted by molar-refractivity contribution is 5.55. The van der Waals surface area contributed by atoms with Gasteiger partial charge < -0.3 is 19.7 Å². The number of piperidine rings is 1. The van der Waals surface area contributed by atoms with E-state index in [0.29, 0.717) is 0 Å². The second-order valence-electron chi connectivity index (χ2n) is 5.84. The highest BCUT2D eigenvalue weighted by Gasteiger charge is 2.16. The minimum absolute atomic E-state index is 0.741. The Bertz CT molecular complexity index is 442. The fourth-order valence-electron chi connectivity index (χ4n) is 2.80. The maximum atomic E-state index is 5.72. The van der Waals surface area contributed by atoms with Crippen molar-refractivity contribution in [3.8, 4) is 11.5 Å². The lowest BCUT2D eigenvalue weighted by atomic mass is 9.97. The minimum Gasteiger partial charge on any atom is -0.490 e. The number of rotatable bonds is 3. The van der Waals surface area contributed by atoms with Crippen LogP contribution >= 0.6 is 0 Å². The van der Waals surface area contributed by atoms with Crippen molar-refractivity contribution in [1.29, 1.82) is 0 Å². The predicted octanol–water partition coefficient (Wildman–Crippen LogP) is 2.60. The quantitative estimate of drug-likeness (QED) is 0.920. The van der Waals surface area contributed by atoms with Crippen LogP contribution in [0.1, 0.15) is 19.3 Å². The molecule has 1 aromatic rings. The molecule has 0 spiro atoms. The van der Waals surface area contributed by atoms with Crippen molar-refractivity contribution in [3.63, 3.8) is 0 Å². The lowest BCUT2D eigenvalue weighted by Crippen LogP contribution is -2.32. The number of ether oxygens (including phenoxy) is 2. The molecule has 2 heterocycles. The molecule has 1 N–H and O–H groups in total. The molecule has 0 aliphatic carbocycles. The molecule has 0 aromatic heterocycles. The first-order valence-electron chi connectivity index (χ1n) is 7.63. The second-order valence-corrected chi connectivity index (χ2v) is 5.84. The van der Waals surface area contributed by atoms with E-state index in [1.807, 2.05) is 6.07 Å². The Balaban J connectivity index is 1.56. The Labute approximate surface area is 121 Å². The lowest BCUT2D eigenvalue weighted by Gasteiger charge is -2.29. The monoisotopic (exact) mass is 276 g/mol. The molecule has 2 aliphatic heterocycles. The first-order chi connectivity index (χ1) is 9.81. The van der Waals surface area contributed by atoms with Crippen molar-refractivity contribution in [3.05, 3.63) is 18.2 Å². The van der Waals surface area contributed by atoms with Gasteiger partial charge in [-0.3, -0.25) is 0 Å². The van der Waals surface area contributed by atoms with Gasteiger partial charge in [-0.05, 0) is 51.0 Å². The van der Waals surface area contributed by atoms with Crippen molar-refractivity contribution >= 4 is 5.69 Å². The van der Waals surface area contributed by atoms with Gasteiger partial charge in [0.2, 0.25) is 0 Å². The molecule has 0 unspecified atom stereocenters. The van der Waals surface area contributed by atoms with Gasteiger partial charge in [-0.1, -0.05) is 0 Å². The Kier molecular flexibility index (Phi) is 4.31. The summed E-state index contributed by atoms with van der Waals surface area (Å²) < 4.78 is 11.4. The van der Waals surface area contributed by atoms with Crippen LogP contribution in [0.25, 0.3) is 0 Å². The second kappa shape index (κ2) is 6.35. The number of hydrogen-bond acceptors (Lipinski definition) is 4. The van der Waals surface area contributed by atoms with Gasteiger partial charge in [0.25, 0.3) is 0 Å². The first-order valence-corrected chi connectivity index (χ1v) is 7.63. The molecular weight excluding hydrogens is 252 g/mol. The normalized spacial score (nSPS) is 20.4. The van der Waals surface area contributed by atoms with Crippen LogP contribution in [0, 0.1) is 5.92 Å². The molecule has 0 bridgehead atoms. The summed E-state index contributed by atoms with van der Waals surface area (Å²) in [5.74, 6) is 2.52. The average Bonchev–Trinajstić information content (AvgIpc) is 2.71. The molecular formula is C16H24N2O2. The summed E-state index contributed by atoms with van der Waals surface area (Å²) in [4.78, 5) is 2.41. The smallest absolute Gasteiger partial charge is 0.163 e. The van der Waals surface area contributed by atoms with Crippen LogP contribution in [-0.2, 0) is 0 Å². The standard InChI is InChI=1S/C16H24N2O2/c1-18-7-5-13(6-8-18)12-17-14-3-4-15-16(11-14)20-10-2-9-19-15/h3-4,11,13,17H,2,5-10,12H2,1H3. The maximum absolute atomic E-state index is 5.72. The molecule has 4 heteroatoms. The average molecular weight is 276 g/mol. The van der Waals surface area contributed by atoms with Crippen molar-refractivity contribution < 1.29 is 9.47 Å². The van der Waals surface area contributed by atoms with Gasteiger partial charge in [0.15, 0.2) is 11.5 Å². The van der Waals surface area contributed by atoms with Crippen molar-refractivity contribution in [1.82, 2.24) is 4.90 Å². The Morgan fingerprint density at radius 3 is 2.70 bits per heavy atom. The molecule has 3 rings (SSSR count). The number of benzene rings is 1. The molecule has 1 fully saturated rings. The van der Waals surface area contributed by atoms with Crippen LogP contribution in [0.3, 0.4) is 0 Å². The van der Waals surface area contributed by atoms with Crippen molar-refractivity contribution in [2.24, 2.45) is 5.92 Å². The van der Waals surface area contributed by atoms with Crippen LogP contribution in [0.4, 0.5) is 5.69 Å². The molecule has 0 atom stereocenters. The Morgan fingerprint density at radius 1 is 1.15 bits per heavy atom. The van der Waals surface area contributed by atoms with Gasteiger partial charge in [0.05, 0.1) is 13.2 Å². The van der Waals surface area contributed by atoms with Gasteiger partial charge in [-0.2, -0.15) is 0 Å². The van der Waals surface area contributed by atoms with E-state index < -0.39 is 0 Å². The highest BCUT2D eigenvalue weighted by Crippen LogP contribution is 2.32. The predicted molar refractivity (Wildman–Crippen MR) is 80.8 cm³/mol. The number of anilines is 1. The minimum atomic E-state index is 0.741. The van der Waals surface area contributed by atoms with E-state index in [4.69, 9.17) is 9.47 Å². The molecule has 0 radical (unpaired) electrons. The van der Waals surface area contributed by atoms with E-state index in [1.54, 1.807) is 0 Å². The summed E-state index contributed by atoms with van der Waals surface area (Å²) >= 11 is 0. The molecule has 0 saturated carbocycles. The molecule has 4 nitrogen and oxygen atoms in total. The first kappa shape index (κ1) is 13.6. The third-order valence-corrected chi connectivity index (χ3v) is 4.18. The number of fused-ring (bicyclic) bond motifs is 1. The summed E-state index contributed by atoms with van der Waals surface area (Å²) in [6.07, 6.45) is 3.52. The molecule has 20 heavy (non-hydrogen) atoms. The number of hydrogen-bond donors (Lipinski definition) is 1. The van der Waals surface area contributed by atoms with Crippen LogP contribution < -0.4 is 14.8 Å². The summed E-state index contributed by atoms with van der Waals surface area (Å²) in [7, 11) is 2.20. The van der Waals surface area contributed by atoms with Crippen molar-refractivity contribution in [2.75, 3.05) is 45.2 Å². The zero-order chi connectivity index (χ0) is 13.8. The van der Waals surface area contributed by atoms with E-state index in [-0.39, 0.29) is 0 Å². The molecule has 110 valence electrons. The number of nitrogens with zero attached hydrogens (tertiary/aromatic N) is 1. The molecule has 2 aliphatic rings. The maximum Gasteiger partial charge on any atom is 0.163 e. The molecule has 1 saturated heterocycles. The van der Waals surface area contributed by atoms with E-state index in [2.05, 4.69) is 29.4 Å². The zero-order valence-electron chi connectivity index (χ0n) is 12.2. The largest absolute Gasteiger partial charge is 0.490 e.